The number of hydrogen-bond acceptors (Lipinski definition) is 2. The maximum Gasteiger partial charge on any atom is 0.206 e. The number of nitrogens with two attached hydrogens (primary N) is 1. The molecule has 96 valence electrons. The second-order valence-electron chi connectivity index (χ2n) is 4.39. The van der Waals surface area contributed by atoms with E-state index in [9.17, 15) is 4.39 Å². The molecule has 1 heterocycles. The molecule has 5 heteroatoms. The van der Waals surface area contributed by atoms with Crippen LogP contribution in [0.1, 0.15) is 5.56 Å². The van der Waals surface area contributed by atoms with Gasteiger partial charge < -0.3 is 5.73 Å². The van der Waals surface area contributed by atoms with E-state index in [4.69, 9.17) is 5.73 Å². The number of nitrogen functional groups attached to an aromatic ring is 1. The van der Waals surface area contributed by atoms with Gasteiger partial charge in [0, 0.05) is 4.47 Å². The Morgan fingerprint density at radius 1 is 1.21 bits per heavy atom. The van der Waals surface area contributed by atoms with Gasteiger partial charge in [-0.1, -0.05) is 22.0 Å². The topological polar surface area (TPSA) is 43.8 Å². The van der Waals surface area contributed by atoms with Crippen LogP contribution < -0.4 is 5.73 Å². The van der Waals surface area contributed by atoms with Crippen molar-refractivity contribution in [1.29, 1.82) is 0 Å². The fraction of sp³-hybridized carbons (Fsp3) is 0.0714. The van der Waals surface area contributed by atoms with Gasteiger partial charge in [0.15, 0.2) is 0 Å². The van der Waals surface area contributed by atoms with Crippen LogP contribution in [0.2, 0.25) is 0 Å². The van der Waals surface area contributed by atoms with Crippen LogP contribution in [-0.4, -0.2) is 9.55 Å². The fourth-order valence-electron chi connectivity index (χ4n) is 2.11. The SMILES string of the molecule is Cc1ccc(-n2c(N)nc3ccc(Br)cc32)c(F)c1. The molecule has 3 aromatic rings. The molecule has 0 aliphatic heterocycles. The summed E-state index contributed by atoms with van der Waals surface area (Å²) in [6.45, 7) is 1.85. The third-order valence-corrected chi connectivity index (χ3v) is 3.48. The minimum absolute atomic E-state index is 0.274. The molecule has 0 atom stereocenters. The highest BCUT2D eigenvalue weighted by atomic mass is 79.9. The predicted molar refractivity (Wildman–Crippen MR) is 77.9 cm³/mol. The zero-order valence-corrected chi connectivity index (χ0v) is 11.8. The first-order chi connectivity index (χ1) is 9.06. The molecule has 3 rings (SSSR count). The number of aromatic nitrogens is 2. The lowest BCUT2D eigenvalue weighted by atomic mass is 10.2. The molecule has 19 heavy (non-hydrogen) atoms. The first-order valence-corrected chi connectivity index (χ1v) is 6.55. The van der Waals surface area contributed by atoms with Gasteiger partial charge in [-0.25, -0.2) is 9.37 Å². The van der Waals surface area contributed by atoms with E-state index in [-0.39, 0.29) is 11.8 Å². The summed E-state index contributed by atoms with van der Waals surface area (Å²) in [5.41, 5.74) is 8.69. The van der Waals surface area contributed by atoms with Crippen molar-refractivity contribution in [2.45, 2.75) is 6.92 Å². The van der Waals surface area contributed by atoms with Crippen LogP contribution in [-0.2, 0) is 0 Å². The fourth-order valence-corrected chi connectivity index (χ4v) is 2.46. The lowest BCUT2D eigenvalue weighted by Gasteiger charge is -2.08. The summed E-state index contributed by atoms with van der Waals surface area (Å²) in [6.07, 6.45) is 0. The zero-order valence-electron chi connectivity index (χ0n) is 10.2. The Morgan fingerprint density at radius 3 is 2.74 bits per heavy atom. The summed E-state index contributed by atoms with van der Waals surface area (Å²) >= 11 is 3.40. The minimum Gasteiger partial charge on any atom is -0.369 e. The lowest BCUT2D eigenvalue weighted by Crippen LogP contribution is -2.03. The molecule has 0 radical (unpaired) electrons. The number of anilines is 1. The minimum atomic E-state index is -0.314. The Balaban J connectivity index is 2.35. The number of rotatable bonds is 1. The lowest BCUT2D eigenvalue weighted by molar-refractivity contribution is 0.619. The molecule has 0 fully saturated rings. The van der Waals surface area contributed by atoms with E-state index in [1.54, 1.807) is 10.6 Å². The van der Waals surface area contributed by atoms with Crippen molar-refractivity contribution in [3.8, 4) is 5.69 Å². The van der Waals surface area contributed by atoms with E-state index < -0.39 is 0 Å². The van der Waals surface area contributed by atoms with Gasteiger partial charge >= 0.3 is 0 Å². The van der Waals surface area contributed by atoms with Crippen LogP contribution in [0.5, 0.6) is 0 Å². The summed E-state index contributed by atoms with van der Waals surface area (Å²) in [5, 5.41) is 0. The normalized spacial score (nSPS) is 11.1. The monoisotopic (exact) mass is 319 g/mol. The molecule has 2 aromatic carbocycles. The zero-order chi connectivity index (χ0) is 13.6. The third kappa shape index (κ3) is 2.00. The number of imidazole rings is 1. The second kappa shape index (κ2) is 4.35. The number of halogens is 2. The Kier molecular flexibility index (Phi) is 2.78. The number of nitrogens with zero attached hydrogens (tertiary/aromatic N) is 2. The molecule has 0 amide bonds. The van der Waals surface area contributed by atoms with Gasteiger partial charge in [-0.15, -0.1) is 0 Å². The quantitative estimate of drug-likeness (QED) is 0.741. The van der Waals surface area contributed by atoms with Crippen LogP contribution in [0.15, 0.2) is 40.9 Å². The van der Waals surface area contributed by atoms with Crippen LogP contribution in [0.3, 0.4) is 0 Å². The first kappa shape index (κ1) is 12.2. The number of hydrogen-bond donors (Lipinski definition) is 1. The molecular formula is C14H11BrFN3. The second-order valence-corrected chi connectivity index (χ2v) is 5.31. The molecule has 0 aliphatic rings. The maximum absolute atomic E-state index is 14.1. The van der Waals surface area contributed by atoms with Crippen LogP contribution in [0, 0.1) is 12.7 Å². The molecule has 0 bridgehead atoms. The van der Waals surface area contributed by atoms with Crippen molar-refractivity contribution in [2.24, 2.45) is 0 Å². The predicted octanol–water partition coefficient (Wildman–Crippen LogP) is 3.82. The molecular weight excluding hydrogens is 309 g/mol. The highest BCUT2D eigenvalue weighted by molar-refractivity contribution is 9.10. The van der Waals surface area contributed by atoms with Crippen molar-refractivity contribution < 1.29 is 4.39 Å². The van der Waals surface area contributed by atoms with E-state index in [0.717, 1.165) is 21.1 Å². The molecule has 0 spiro atoms. The van der Waals surface area contributed by atoms with Gasteiger partial charge in [0.1, 0.15) is 5.82 Å². The number of aryl methyl sites for hydroxylation is 1. The van der Waals surface area contributed by atoms with Crippen molar-refractivity contribution in [3.63, 3.8) is 0 Å². The van der Waals surface area contributed by atoms with E-state index in [2.05, 4.69) is 20.9 Å². The average molecular weight is 320 g/mol. The van der Waals surface area contributed by atoms with Crippen molar-refractivity contribution >= 4 is 32.9 Å². The van der Waals surface area contributed by atoms with Gasteiger partial charge in [-0.2, -0.15) is 0 Å². The molecule has 3 nitrogen and oxygen atoms in total. The largest absolute Gasteiger partial charge is 0.369 e. The number of fused-ring (bicyclic) bond motifs is 1. The first-order valence-electron chi connectivity index (χ1n) is 5.76. The maximum atomic E-state index is 14.1. The summed E-state index contributed by atoms with van der Waals surface area (Å²) in [4.78, 5) is 4.25. The average Bonchev–Trinajstić information content (AvgIpc) is 2.65. The summed E-state index contributed by atoms with van der Waals surface area (Å²) in [5.74, 6) is -0.0400. The number of benzene rings is 2. The smallest absolute Gasteiger partial charge is 0.206 e. The Bertz CT molecular complexity index is 780. The van der Waals surface area contributed by atoms with Gasteiger partial charge in [-0.3, -0.25) is 4.57 Å². The summed E-state index contributed by atoms with van der Waals surface area (Å²) in [7, 11) is 0. The van der Waals surface area contributed by atoms with E-state index in [1.165, 1.54) is 6.07 Å². The van der Waals surface area contributed by atoms with Gasteiger partial charge in [0.25, 0.3) is 0 Å². The van der Waals surface area contributed by atoms with Crippen molar-refractivity contribution in [1.82, 2.24) is 9.55 Å². The molecule has 0 unspecified atom stereocenters. The standard InChI is InChI=1S/C14H11BrFN3/c1-8-2-5-12(10(16)6-8)19-13-7-9(15)3-4-11(13)18-14(19)17/h2-7H,1H3,(H2,17,18). The van der Waals surface area contributed by atoms with Crippen molar-refractivity contribution in [2.75, 3.05) is 5.73 Å². The summed E-state index contributed by atoms with van der Waals surface area (Å²) in [6, 6.07) is 10.6. The van der Waals surface area contributed by atoms with Gasteiger partial charge in [-0.05, 0) is 42.8 Å². The third-order valence-electron chi connectivity index (χ3n) is 2.99. The van der Waals surface area contributed by atoms with Crippen LogP contribution in [0.25, 0.3) is 16.7 Å². The summed E-state index contributed by atoms with van der Waals surface area (Å²) < 4.78 is 16.6. The highest BCUT2D eigenvalue weighted by Crippen LogP contribution is 2.27. The van der Waals surface area contributed by atoms with E-state index in [1.807, 2.05) is 31.2 Å². The Labute approximate surface area is 118 Å². The van der Waals surface area contributed by atoms with Crippen molar-refractivity contribution in [3.05, 3.63) is 52.3 Å². The molecule has 0 saturated heterocycles. The van der Waals surface area contributed by atoms with E-state index in [0.29, 0.717) is 5.69 Å². The van der Waals surface area contributed by atoms with E-state index >= 15 is 0 Å². The van der Waals surface area contributed by atoms with Gasteiger partial charge in [0.05, 0.1) is 16.7 Å². The molecule has 0 saturated carbocycles. The Morgan fingerprint density at radius 2 is 2.00 bits per heavy atom. The van der Waals surface area contributed by atoms with Crippen LogP contribution >= 0.6 is 15.9 Å². The highest BCUT2D eigenvalue weighted by Gasteiger charge is 2.13. The van der Waals surface area contributed by atoms with Gasteiger partial charge in [0.2, 0.25) is 5.95 Å². The van der Waals surface area contributed by atoms with Crippen LogP contribution in [0.4, 0.5) is 10.3 Å². The molecule has 0 aliphatic carbocycles. The molecule has 1 aromatic heterocycles. The Hall–Kier alpha value is -1.88. The molecule has 2 N–H and O–H groups in total.